The molecule has 6 nitrogen and oxygen atoms in total. The van der Waals surface area contributed by atoms with Gasteiger partial charge in [0.15, 0.2) is 0 Å². The molecule has 0 saturated carbocycles. The molecule has 2 amide bonds. The molecule has 0 aliphatic rings. The summed E-state index contributed by atoms with van der Waals surface area (Å²) in [5.74, 6) is -0.415. The lowest BCUT2D eigenvalue weighted by Crippen LogP contribution is -2.30. The van der Waals surface area contributed by atoms with E-state index in [1.54, 1.807) is 41.3 Å². The summed E-state index contributed by atoms with van der Waals surface area (Å²) in [6.07, 6.45) is 0. The van der Waals surface area contributed by atoms with Crippen molar-refractivity contribution < 1.29 is 9.59 Å². The Bertz CT molecular complexity index is 995. The van der Waals surface area contributed by atoms with E-state index in [1.165, 1.54) is 0 Å². The van der Waals surface area contributed by atoms with Crippen LogP contribution in [0.15, 0.2) is 54.6 Å². The zero-order valence-electron chi connectivity index (χ0n) is 15.7. The van der Waals surface area contributed by atoms with Crippen LogP contribution in [0, 0.1) is 0 Å². The number of aromatic amines is 1. The van der Waals surface area contributed by atoms with Crippen molar-refractivity contribution in [1.29, 1.82) is 0 Å². The van der Waals surface area contributed by atoms with Crippen molar-refractivity contribution in [1.82, 2.24) is 15.1 Å². The molecule has 1 aromatic heterocycles. The average Bonchev–Trinajstić information content (AvgIpc) is 3.19. The van der Waals surface area contributed by atoms with Crippen LogP contribution in [0.25, 0.3) is 11.3 Å². The number of amides is 2. The lowest BCUT2D eigenvalue weighted by Gasteiger charge is -2.18. The predicted octanol–water partition coefficient (Wildman–Crippen LogP) is 4.46. The third kappa shape index (κ3) is 4.23. The first-order chi connectivity index (χ1) is 13.5. The largest absolute Gasteiger partial charge is 0.339 e. The summed E-state index contributed by atoms with van der Waals surface area (Å²) in [6.45, 7) is 5.12. The number of anilines is 1. The summed E-state index contributed by atoms with van der Waals surface area (Å²) in [7, 11) is 0. The molecule has 0 fully saturated rings. The van der Waals surface area contributed by atoms with E-state index in [4.69, 9.17) is 11.6 Å². The second kappa shape index (κ2) is 8.71. The van der Waals surface area contributed by atoms with Gasteiger partial charge in [0.25, 0.3) is 11.8 Å². The van der Waals surface area contributed by atoms with E-state index in [0.29, 0.717) is 40.8 Å². The molecule has 1 heterocycles. The minimum absolute atomic E-state index is 0.0661. The van der Waals surface area contributed by atoms with Gasteiger partial charge < -0.3 is 10.2 Å². The Balaban J connectivity index is 1.76. The van der Waals surface area contributed by atoms with Crippen molar-refractivity contribution >= 4 is 29.1 Å². The minimum atomic E-state index is -0.349. The van der Waals surface area contributed by atoms with Crippen LogP contribution in [0.4, 0.5) is 5.69 Å². The number of benzene rings is 2. The molecule has 7 heteroatoms. The third-order valence-electron chi connectivity index (χ3n) is 4.39. The molecule has 3 rings (SSSR count). The molecule has 0 saturated heterocycles. The molecule has 28 heavy (non-hydrogen) atoms. The standard InChI is InChI=1S/C21H21ClN4O2/c1-3-26(4-2)21(28)14-8-7-9-15(12-14)23-20(27)19-13-18(24-25-19)16-10-5-6-11-17(16)22/h5-13H,3-4H2,1-2H3,(H,23,27)(H,24,25). The fraction of sp³-hybridized carbons (Fsp3) is 0.190. The maximum Gasteiger partial charge on any atom is 0.273 e. The number of H-pyrrole nitrogens is 1. The second-order valence-corrected chi connectivity index (χ2v) is 6.57. The van der Waals surface area contributed by atoms with Crippen molar-refractivity contribution in [3.05, 3.63) is 70.9 Å². The quantitative estimate of drug-likeness (QED) is 0.645. The topological polar surface area (TPSA) is 78.1 Å². The van der Waals surface area contributed by atoms with E-state index in [9.17, 15) is 9.59 Å². The maximum atomic E-state index is 12.6. The Labute approximate surface area is 168 Å². The van der Waals surface area contributed by atoms with E-state index in [1.807, 2.05) is 32.0 Å². The number of rotatable bonds is 6. The van der Waals surface area contributed by atoms with Gasteiger partial charge in [-0.05, 0) is 44.2 Å². The molecule has 3 aromatic rings. The first-order valence-electron chi connectivity index (χ1n) is 9.04. The number of halogens is 1. The van der Waals surface area contributed by atoms with Gasteiger partial charge in [-0.25, -0.2) is 0 Å². The van der Waals surface area contributed by atoms with Crippen molar-refractivity contribution in [3.8, 4) is 11.3 Å². The van der Waals surface area contributed by atoms with Gasteiger partial charge in [-0.2, -0.15) is 5.10 Å². The van der Waals surface area contributed by atoms with Crippen LogP contribution in [0.3, 0.4) is 0 Å². The highest BCUT2D eigenvalue weighted by atomic mass is 35.5. The third-order valence-corrected chi connectivity index (χ3v) is 4.72. The highest BCUT2D eigenvalue weighted by molar-refractivity contribution is 6.33. The van der Waals surface area contributed by atoms with E-state index < -0.39 is 0 Å². The van der Waals surface area contributed by atoms with Crippen LogP contribution >= 0.6 is 11.6 Å². The van der Waals surface area contributed by atoms with Crippen LogP contribution < -0.4 is 5.32 Å². The summed E-state index contributed by atoms with van der Waals surface area (Å²) >= 11 is 6.18. The van der Waals surface area contributed by atoms with Crippen LogP contribution in [0.2, 0.25) is 5.02 Å². The lowest BCUT2D eigenvalue weighted by atomic mass is 10.1. The number of carbonyl (C=O) groups is 2. The van der Waals surface area contributed by atoms with Crippen LogP contribution in [0.1, 0.15) is 34.7 Å². The van der Waals surface area contributed by atoms with Gasteiger partial charge in [-0.3, -0.25) is 14.7 Å². The zero-order chi connectivity index (χ0) is 20.1. The van der Waals surface area contributed by atoms with Crippen molar-refractivity contribution in [2.75, 3.05) is 18.4 Å². The monoisotopic (exact) mass is 396 g/mol. The molecular weight excluding hydrogens is 376 g/mol. The highest BCUT2D eigenvalue weighted by Gasteiger charge is 2.15. The molecule has 0 aliphatic heterocycles. The number of nitrogens with zero attached hydrogens (tertiary/aromatic N) is 2. The highest BCUT2D eigenvalue weighted by Crippen LogP contribution is 2.26. The van der Waals surface area contributed by atoms with Gasteiger partial charge >= 0.3 is 0 Å². The van der Waals surface area contributed by atoms with Gasteiger partial charge in [0.2, 0.25) is 0 Å². The molecule has 2 aromatic carbocycles. The Morgan fingerprint density at radius 2 is 1.82 bits per heavy atom. The molecule has 0 bridgehead atoms. The Morgan fingerprint density at radius 3 is 2.54 bits per heavy atom. The van der Waals surface area contributed by atoms with Crippen molar-refractivity contribution in [2.24, 2.45) is 0 Å². The van der Waals surface area contributed by atoms with Crippen molar-refractivity contribution in [3.63, 3.8) is 0 Å². The molecule has 0 radical (unpaired) electrons. The first-order valence-corrected chi connectivity index (χ1v) is 9.42. The minimum Gasteiger partial charge on any atom is -0.339 e. The van der Waals surface area contributed by atoms with Crippen LogP contribution in [-0.2, 0) is 0 Å². The molecule has 0 unspecified atom stereocenters. The fourth-order valence-electron chi connectivity index (χ4n) is 2.87. The zero-order valence-corrected chi connectivity index (χ0v) is 16.5. The summed E-state index contributed by atoms with van der Waals surface area (Å²) < 4.78 is 0. The van der Waals surface area contributed by atoms with Gasteiger partial charge in [-0.15, -0.1) is 0 Å². The van der Waals surface area contributed by atoms with E-state index >= 15 is 0 Å². The number of nitrogens with one attached hydrogen (secondary N) is 2. The number of aromatic nitrogens is 2. The molecule has 0 aliphatic carbocycles. The Kier molecular flexibility index (Phi) is 6.11. The van der Waals surface area contributed by atoms with Gasteiger partial charge in [0, 0.05) is 29.9 Å². The van der Waals surface area contributed by atoms with Gasteiger partial charge in [0.1, 0.15) is 5.69 Å². The fourth-order valence-corrected chi connectivity index (χ4v) is 3.10. The maximum absolute atomic E-state index is 12.6. The van der Waals surface area contributed by atoms with E-state index in [2.05, 4.69) is 15.5 Å². The summed E-state index contributed by atoms with van der Waals surface area (Å²) in [4.78, 5) is 26.8. The van der Waals surface area contributed by atoms with Gasteiger partial charge in [0.05, 0.1) is 10.7 Å². The van der Waals surface area contributed by atoms with Crippen molar-refractivity contribution in [2.45, 2.75) is 13.8 Å². The molecule has 0 spiro atoms. The average molecular weight is 397 g/mol. The first kappa shape index (κ1) is 19.6. The number of hydrogen-bond acceptors (Lipinski definition) is 3. The molecule has 2 N–H and O–H groups in total. The number of hydrogen-bond donors (Lipinski definition) is 2. The predicted molar refractivity (Wildman–Crippen MR) is 111 cm³/mol. The summed E-state index contributed by atoms with van der Waals surface area (Å²) in [5, 5.41) is 10.3. The summed E-state index contributed by atoms with van der Waals surface area (Å²) in [5.41, 5.74) is 2.70. The molecule has 0 atom stereocenters. The normalized spacial score (nSPS) is 10.5. The Hall–Kier alpha value is -3.12. The van der Waals surface area contributed by atoms with Gasteiger partial charge in [-0.1, -0.05) is 35.9 Å². The molecule has 144 valence electrons. The lowest BCUT2D eigenvalue weighted by molar-refractivity contribution is 0.0772. The van der Waals surface area contributed by atoms with Crippen LogP contribution in [0.5, 0.6) is 0 Å². The molecular formula is C21H21ClN4O2. The van der Waals surface area contributed by atoms with Crippen LogP contribution in [-0.4, -0.2) is 40.0 Å². The summed E-state index contributed by atoms with van der Waals surface area (Å²) in [6, 6.07) is 15.8. The smallest absolute Gasteiger partial charge is 0.273 e. The number of carbonyl (C=O) groups excluding carboxylic acids is 2. The SMILES string of the molecule is CCN(CC)C(=O)c1cccc(NC(=O)c2cc(-c3ccccc3Cl)n[nH]2)c1. The van der Waals surface area contributed by atoms with E-state index in [0.717, 1.165) is 5.56 Å². The second-order valence-electron chi connectivity index (χ2n) is 6.16. The van der Waals surface area contributed by atoms with E-state index in [-0.39, 0.29) is 11.8 Å². The Morgan fingerprint density at radius 1 is 1.07 bits per heavy atom.